The summed E-state index contributed by atoms with van der Waals surface area (Å²) in [6, 6.07) is -0.324. The Hall–Kier alpha value is -2.49. The van der Waals surface area contributed by atoms with E-state index in [0.29, 0.717) is 23.8 Å². The van der Waals surface area contributed by atoms with Crippen LogP contribution in [0.5, 0.6) is 0 Å². The van der Waals surface area contributed by atoms with Gasteiger partial charge in [0.2, 0.25) is 23.6 Å². The molecule has 0 bridgehead atoms. The van der Waals surface area contributed by atoms with Gasteiger partial charge in [-0.2, -0.15) is 0 Å². The first kappa shape index (κ1) is 23.7. The maximum Gasteiger partial charge on any atom is 0.245 e. The third kappa shape index (κ3) is 6.75. The van der Waals surface area contributed by atoms with Gasteiger partial charge in [-0.25, -0.2) is 4.98 Å². The maximum atomic E-state index is 13.0. The van der Waals surface area contributed by atoms with E-state index in [1.54, 1.807) is 10.3 Å². The van der Waals surface area contributed by atoms with Gasteiger partial charge >= 0.3 is 0 Å². The number of rotatable bonds is 8. The Labute approximate surface area is 198 Å². The van der Waals surface area contributed by atoms with E-state index in [1.165, 1.54) is 17.8 Å². The number of nitrogens with one attached hydrogen (secondary N) is 3. The molecule has 3 aliphatic rings. The van der Waals surface area contributed by atoms with Gasteiger partial charge in [0.25, 0.3) is 0 Å². The third-order valence-electron chi connectivity index (χ3n) is 6.55. The molecular formula is C23H33N5O4S. The molecule has 1 unspecified atom stereocenters. The lowest BCUT2D eigenvalue weighted by Gasteiger charge is -2.28. The summed E-state index contributed by atoms with van der Waals surface area (Å²) in [7, 11) is 0. The summed E-state index contributed by atoms with van der Waals surface area (Å²) < 4.78 is 0. The lowest BCUT2D eigenvalue weighted by molar-refractivity contribution is -0.139. The molecule has 2 heterocycles. The summed E-state index contributed by atoms with van der Waals surface area (Å²) >= 11 is 1.25. The highest BCUT2D eigenvalue weighted by Crippen LogP contribution is 2.32. The number of hydrogen-bond acceptors (Lipinski definition) is 6. The van der Waals surface area contributed by atoms with Crippen LogP contribution in [-0.4, -0.2) is 58.7 Å². The molecule has 1 aliphatic heterocycles. The van der Waals surface area contributed by atoms with E-state index >= 15 is 0 Å². The van der Waals surface area contributed by atoms with Crippen LogP contribution in [0, 0.1) is 5.92 Å². The van der Waals surface area contributed by atoms with Gasteiger partial charge in [-0.3, -0.25) is 19.2 Å². The Morgan fingerprint density at radius 1 is 1.03 bits per heavy atom. The third-order valence-corrected chi connectivity index (χ3v) is 7.36. The van der Waals surface area contributed by atoms with Gasteiger partial charge in [0.15, 0.2) is 5.13 Å². The van der Waals surface area contributed by atoms with Crippen LogP contribution in [0.25, 0.3) is 0 Å². The van der Waals surface area contributed by atoms with Crippen LogP contribution in [0.2, 0.25) is 0 Å². The van der Waals surface area contributed by atoms with Gasteiger partial charge in [-0.15, -0.1) is 11.3 Å². The summed E-state index contributed by atoms with van der Waals surface area (Å²) in [5.74, 6) is -0.501. The number of thiazole rings is 1. The van der Waals surface area contributed by atoms with Crippen molar-refractivity contribution in [1.82, 2.24) is 20.5 Å². The summed E-state index contributed by atoms with van der Waals surface area (Å²) in [6.07, 6.45) is 9.60. The van der Waals surface area contributed by atoms with E-state index in [0.717, 1.165) is 51.4 Å². The van der Waals surface area contributed by atoms with Crippen LogP contribution in [-0.2, 0) is 25.6 Å². The highest BCUT2D eigenvalue weighted by Gasteiger charge is 2.37. The molecule has 0 spiro atoms. The molecule has 4 rings (SSSR count). The van der Waals surface area contributed by atoms with Crippen LogP contribution >= 0.6 is 11.3 Å². The summed E-state index contributed by atoms with van der Waals surface area (Å²) in [5, 5.41) is 10.5. The predicted molar refractivity (Wildman–Crippen MR) is 125 cm³/mol. The van der Waals surface area contributed by atoms with Gasteiger partial charge in [-0.1, -0.05) is 19.3 Å². The molecule has 3 fully saturated rings. The molecule has 9 nitrogen and oxygen atoms in total. The Balaban J connectivity index is 1.26. The normalized spacial score (nSPS) is 21.6. The molecule has 33 heavy (non-hydrogen) atoms. The van der Waals surface area contributed by atoms with Crippen molar-refractivity contribution in [2.24, 2.45) is 5.92 Å². The minimum atomic E-state index is -0.507. The Kier molecular flexibility index (Phi) is 7.95. The molecule has 4 amide bonds. The van der Waals surface area contributed by atoms with Crippen LogP contribution in [0.3, 0.4) is 0 Å². The molecule has 180 valence electrons. The first-order valence-corrected chi connectivity index (χ1v) is 13.0. The van der Waals surface area contributed by atoms with Crippen LogP contribution in [0.1, 0.15) is 69.9 Å². The number of carbonyl (C=O) groups excluding carboxylic acids is 4. The average Bonchev–Trinajstić information content (AvgIpc) is 3.59. The highest BCUT2D eigenvalue weighted by atomic mass is 32.1. The van der Waals surface area contributed by atoms with E-state index in [1.807, 2.05) is 0 Å². The number of anilines is 1. The van der Waals surface area contributed by atoms with Gasteiger partial charge in [0.1, 0.15) is 12.6 Å². The molecule has 0 radical (unpaired) electrons. The van der Waals surface area contributed by atoms with Crippen LogP contribution in [0.15, 0.2) is 5.38 Å². The number of nitrogens with zero attached hydrogens (tertiary/aromatic N) is 2. The molecule has 1 aromatic heterocycles. The molecule has 1 atom stereocenters. The van der Waals surface area contributed by atoms with Crippen molar-refractivity contribution in [3.8, 4) is 0 Å². The van der Waals surface area contributed by atoms with Crippen molar-refractivity contribution in [2.45, 2.75) is 82.7 Å². The largest absolute Gasteiger partial charge is 0.354 e. The Morgan fingerprint density at radius 3 is 2.55 bits per heavy atom. The van der Waals surface area contributed by atoms with Crippen molar-refractivity contribution >= 4 is 40.1 Å². The number of hydrogen-bond donors (Lipinski definition) is 3. The zero-order valence-corrected chi connectivity index (χ0v) is 19.8. The van der Waals surface area contributed by atoms with E-state index in [4.69, 9.17) is 0 Å². The first-order valence-electron chi connectivity index (χ1n) is 12.1. The smallest absolute Gasteiger partial charge is 0.245 e. The summed E-state index contributed by atoms with van der Waals surface area (Å²) in [4.78, 5) is 56.1. The van der Waals surface area contributed by atoms with Crippen molar-refractivity contribution in [3.05, 3.63) is 11.1 Å². The van der Waals surface area contributed by atoms with Gasteiger partial charge in [0.05, 0.1) is 12.1 Å². The molecule has 1 aromatic rings. The summed E-state index contributed by atoms with van der Waals surface area (Å²) in [5.41, 5.74) is 0.541. The lowest BCUT2D eigenvalue weighted by Crippen LogP contribution is -2.46. The second-order valence-electron chi connectivity index (χ2n) is 9.31. The average molecular weight is 476 g/mol. The second kappa shape index (κ2) is 11.1. The van der Waals surface area contributed by atoms with Crippen LogP contribution in [0.4, 0.5) is 5.13 Å². The Morgan fingerprint density at radius 2 is 1.79 bits per heavy atom. The topological polar surface area (TPSA) is 120 Å². The minimum absolute atomic E-state index is 0.0461. The summed E-state index contributed by atoms with van der Waals surface area (Å²) in [6.45, 7) is 0.691. The maximum absolute atomic E-state index is 13.0. The SMILES string of the molecule is O=C(CN(C(=O)C1CCCCC1)C1CC1)Nc1nc(CC(=O)NC2CCCCNC2=O)cs1. The van der Waals surface area contributed by atoms with Crippen molar-refractivity contribution in [2.75, 3.05) is 18.4 Å². The van der Waals surface area contributed by atoms with Crippen LogP contribution < -0.4 is 16.0 Å². The van der Waals surface area contributed by atoms with Gasteiger partial charge < -0.3 is 20.9 Å². The molecule has 1 saturated heterocycles. The second-order valence-corrected chi connectivity index (χ2v) is 10.2. The van der Waals surface area contributed by atoms with E-state index in [9.17, 15) is 19.2 Å². The van der Waals surface area contributed by atoms with Crippen molar-refractivity contribution < 1.29 is 19.2 Å². The standard InChI is InChI=1S/C23H33N5O4S/c29-19(26-18-8-4-5-11-24-21(18)31)12-16-14-33-23(25-16)27-20(30)13-28(17-9-10-17)22(32)15-6-2-1-3-7-15/h14-15,17-18H,1-13H2,(H,24,31)(H,26,29)(H,25,27,30). The molecule has 3 N–H and O–H groups in total. The fourth-order valence-electron chi connectivity index (χ4n) is 4.60. The molecule has 2 saturated carbocycles. The number of aromatic nitrogens is 1. The molecular weight excluding hydrogens is 442 g/mol. The zero-order chi connectivity index (χ0) is 23.2. The number of amides is 4. The molecule has 0 aromatic carbocycles. The lowest BCUT2D eigenvalue weighted by atomic mass is 9.88. The quantitative estimate of drug-likeness (QED) is 0.531. The first-order chi connectivity index (χ1) is 16.0. The highest BCUT2D eigenvalue weighted by molar-refractivity contribution is 7.13. The van der Waals surface area contributed by atoms with Crippen molar-refractivity contribution in [3.63, 3.8) is 0 Å². The zero-order valence-electron chi connectivity index (χ0n) is 18.9. The van der Waals surface area contributed by atoms with E-state index in [2.05, 4.69) is 20.9 Å². The van der Waals surface area contributed by atoms with E-state index < -0.39 is 6.04 Å². The fraction of sp³-hybridized carbons (Fsp3) is 0.696. The monoisotopic (exact) mass is 475 g/mol. The van der Waals surface area contributed by atoms with E-state index in [-0.39, 0.29) is 48.6 Å². The van der Waals surface area contributed by atoms with Gasteiger partial charge in [0, 0.05) is 23.9 Å². The minimum Gasteiger partial charge on any atom is -0.354 e. The molecule has 10 heteroatoms. The van der Waals surface area contributed by atoms with Crippen molar-refractivity contribution in [1.29, 1.82) is 0 Å². The Bertz CT molecular complexity index is 878. The molecule has 2 aliphatic carbocycles. The fourth-order valence-corrected chi connectivity index (χ4v) is 5.33. The van der Waals surface area contributed by atoms with Gasteiger partial charge in [-0.05, 0) is 44.9 Å². The number of carbonyl (C=O) groups is 4. The predicted octanol–water partition coefficient (Wildman–Crippen LogP) is 1.98.